The minimum Gasteiger partial charge on any atom is -0.309 e. The third kappa shape index (κ3) is 3.83. The summed E-state index contributed by atoms with van der Waals surface area (Å²) in [6.45, 7) is 6.55. The van der Waals surface area contributed by atoms with Gasteiger partial charge < -0.3 is 4.90 Å². The average molecular weight is 491 g/mol. The highest BCUT2D eigenvalue weighted by Crippen LogP contribution is 2.37. The summed E-state index contributed by atoms with van der Waals surface area (Å²) in [6.07, 6.45) is 1.95. The maximum Gasteiger partial charge on any atom is 0.243 e. The topological polar surface area (TPSA) is 57.7 Å². The Morgan fingerprint density at radius 3 is 2.47 bits per heavy atom. The SMILES string of the molecule is Cc1ccc(C)c(S(=O)(=O)N2CCC(C(=O)N3c4ccc(Br)cc4C[C@H]3C)CC2)c1. The van der Waals surface area contributed by atoms with Gasteiger partial charge in [-0.05, 0) is 81.0 Å². The number of halogens is 1. The minimum absolute atomic E-state index is 0.118. The van der Waals surface area contributed by atoms with Crippen LogP contribution in [-0.4, -0.2) is 37.8 Å². The lowest BCUT2D eigenvalue weighted by Gasteiger charge is -2.34. The second-order valence-corrected chi connectivity index (χ2v) is 11.3. The van der Waals surface area contributed by atoms with Crippen molar-refractivity contribution in [1.29, 1.82) is 0 Å². The van der Waals surface area contributed by atoms with Crippen LogP contribution in [0.3, 0.4) is 0 Å². The molecular weight excluding hydrogens is 464 g/mol. The fraction of sp³-hybridized carbons (Fsp3) is 0.435. The Morgan fingerprint density at radius 1 is 1.07 bits per heavy atom. The van der Waals surface area contributed by atoms with Gasteiger partial charge in [0.25, 0.3) is 0 Å². The molecule has 0 spiro atoms. The molecule has 1 fully saturated rings. The van der Waals surface area contributed by atoms with Gasteiger partial charge in [0.05, 0.1) is 4.90 Å². The smallest absolute Gasteiger partial charge is 0.243 e. The largest absolute Gasteiger partial charge is 0.309 e. The third-order valence-electron chi connectivity index (χ3n) is 6.26. The Morgan fingerprint density at radius 2 is 1.77 bits per heavy atom. The molecule has 7 heteroatoms. The number of aryl methyl sites for hydroxylation is 2. The van der Waals surface area contributed by atoms with E-state index < -0.39 is 10.0 Å². The molecular formula is C23H27BrN2O3S. The summed E-state index contributed by atoms with van der Waals surface area (Å²) in [6, 6.07) is 11.7. The van der Waals surface area contributed by atoms with Gasteiger partial charge in [-0.25, -0.2) is 8.42 Å². The van der Waals surface area contributed by atoms with Crippen LogP contribution in [0.5, 0.6) is 0 Å². The lowest BCUT2D eigenvalue weighted by atomic mass is 9.96. The van der Waals surface area contributed by atoms with E-state index in [1.54, 1.807) is 6.07 Å². The molecule has 0 saturated carbocycles. The van der Waals surface area contributed by atoms with Gasteiger partial charge >= 0.3 is 0 Å². The van der Waals surface area contributed by atoms with E-state index in [-0.39, 0.29) is 17.9 Å². The summed E-state index contributed by atoms with van der Waals surface area (Å²) >= 11 is 3.51. The van der Waals surface area contributed by atoms with Crippen molar-refractivity contribution >= 4 is 37.5 Å². The molecule has 2 aliphatic rings. The molecule has 2 aromatic carbocycles. The number of nitrogens with zero attached hydrogens (tertiary/aromatic N) is 2. The Bertz CT molecular complexity index is 1090. The first-order valence-electron chi connectivity index (χ1n) is 10.4. The summed E-state index contributed by atoms with van der Waals surface area (Å²) < 4.78 is 28.9. The highest BCUT2D eigenvalue weighted by Gasteiger charge is 2.38. The van der Waals surface area contributed by atoms with Gasteiger partial charge in [-0.2, -0.15) is 4.31 Å². The van der Waals surface area contributed by atoms with Gasteiger partial charge in [0.1, 0.15) is 0 Å². The number of carbonyl (C=O) groups is 1. The number of fused-ring (bicyclic) bond motifs is 1. The molecule has 160 valence electrons. The van der Waals surface area contributed by atoms with E-state index >= 15 is 0 Å². The maximum atomic E-state index is 13.3. The lowest BCUT2D eigenvalue weighted by molar-refractivity contribution is -0.123. The second-order valence-electron chi connectivity index (χ2n) is 8.48. The maximum absolute atomic E-state index is 13.3. The van der Waals surface area contributed by atoms with E-state index in [0.29, 0.717) is 30.8 Å². The van der Waals surface area contributed by atoms with E-state index in [0.717, 1.165) is 27.7 Å². The summed E-state index contributed by atoms with van der Waals surface area (Å²) in [4.78, 5) is 15.6. The molecule has 0 bridgehead atoms. The van der Waals surface area contributed by atoms with Crippen LogP contribution in [-0.2, 0) is 21.2 Å². The van der Waals surface area contributed by atoms with E-state index in [4.69, 9.17) is 0 Å². The molecule has 30 heavy (non-hydrogen) atoms. The van der Waals surface area contributed by atoms with Gasteiger partial charge in [-0.3, -0.25) is 4.79 Å². The third-order valence-corrected chi connectivity index (χ3v) is 8.79. The first-order chi connectivity index (χ1) is 14.2. The number of benzene rings is 2. The van der Waals surface area contributed by atoms with Crippen molar-refractivity contribution in [2.45, 2.75) is 51.0 Å². The van der Waals surface area contributed by atoms with Crippen LogP contribution in [0.1, 0.15) is 36.5 Å². The van der Waals surface area contributed by atoms with Gasteiger partial charge in [0, 0.05) is 35.2 Å². The van der Waals surface area contributed by atoms with E-state index in [1.165, 1.54) is 9.87 Å². The predicted octanol–water partition coefficient (Wildman–Crippen LogP) is 4.44. The quantitative estimate of drug-likeness (QED) is 0.638. The van der Waals surface area contributed by atoms with Crippen molar-refractivity contribution in [2.75, 3.05) is 18.0 Å². The molecule has 1 saturated heterocycles. The van der Waals surface area contributed by atoms with Gasteiger partial charge in [-0.15, -0.1) is 0 Å². The summed E-state index contributed by atoms with van der Waals surface area (Å²) in [5, 5.41) is 0. The minimum atomic E-state index is -3.54. The number of hydrogen-bond donors (Lipinski definition) is 0. The Labute approximate surface area is 187 Å². The summed E-state index contributed by atoms with van der Waals surface area (Å²) in [7, 11) is -3.54. The van der Waals surface area contributed by atoms with Crippen LogP contribution in [0.4, 0.5) is 5.69 Å². The first-order valence-corrected chi connectivity index (χ1v) is 12.6. The molecule has 0 N–H and O–H groups in total. The van der Waals surface area contributed by atoms with Crippen molar-refractivity contribution in [2.24, 2.45) is 5.92 Å². The van der Waals surface area contributed by atoms with Gasteiger partial charge in [-0.1, -0.05) is 28.1 Å². The zero-order valence-electron chi connectivity index (χ0n) is 17.6. The Kier molecular flexibility index (Phi) is 5.81. The van der Waals surface area contributed by atoms with Crippen LogP contribution in [0.15, 0.2) is 45.8 Å². The molecule has 0 radical (unpaired) electrons. The highest BCUT2D eigenvalue weighted by molar-refractivity contribution is 9.10. The molecule has 0 unspecified atom stereocenters. The zero-order chi connectivity index (χ0) is 21.6. The van der Waals surface area contributed by atoms with E-state index in [1.807, 2.05) is 43.0 Å². The number of piperidine rings is 1. The standard InChI is InChI=1S/C23H27BrN2O3S/c1-15-4-5-16(2)22(12-15)30(28,29)25-10-8-18(9-11-25)23(27)26-17(3)13-19-14-20(24)6-7-21(19)26/h4-7,12,14,17-18H,8-11,13H2,1-3H3/t17-/m1/s1. The number of anilines is 1. The molecule has 0 aromatic heterocycles. The van der Waals surface area contributed by atoms with Gasteiger partial charge in [0.2, 0.25) is 15.9 Å². The fourth-order valence-electron chi connectivity index (χ4n) is 4.60. The Balaban J connectivity index is 1.49. The van der Waals surface area contributed by atoms with Crippen LogP contribution in [0.2, 0.25) is 0 Å². The van der Waals surface area contributed by atoms with Crippen molar-refractivity contribution in [3.8, 4) is 0 Å². The molecule has 2 aliphatic heterocycles. The first kappa shape index (κ1) is 21.5. The number of carbonyl (C=O) groups excluding carboxylic acids is 1. The Hall–Kier alpha value is -1.70. The summed E-state index contributed by atoms with van der Waals surface area (Å²) in [5.41, 5.74) is 3.85. The van der Waals surface area contributed by atoms with Crippen molar-refractivity contribution < 1.29 is 13.2 Å². The molecule has 5 nitrogen and oxygen atoms in total. The molecule has 0 aliphatic carbocycles. The number of rotatable bonds is 3. The second kappa shape index (κ2) is 8.09. The number of amides is 1. The van der Waals surface area contributed by atoms with Crippen LogP contribution >= 0.6 is 15.9 Å². The molecule has 2 heterocycles. The normalized spacial score (nSPS) is 20.4. The number of hydrogen-bond acceptors (Lipinski definition) is 3. The van der Waals surface area contributed by atoms with Crippen molar-refractivity contribution in [1.82, 2.24) is 4.31 Å². The number of sulfonamides is 1. The van der Waals surface area contributed by atoms with E-state index in [2.05, 4.69) is 28.9 Å². The molecule has 4 rings (SSSR count). The zero-order valence-corrected chi connectivity index (χ0v) is 20.0. The monoisotopic (exact) mass is 490 g/mol. The predicted molar refractivity (Wildman–Crippen MR) is 122 cm³/mol. The van der Waals surface area contributed by atoms with Crippen LogP contribution < -0.4 is 4.90 Å². The van der Waals surface area contributed by atoms with Gasteiger partial charge in [0.15, 0.2) is 0 Å². The molecule has 1 amide bonds. The average Bonchev–Trinajstić information content (AvgIpc) is 3.04. The van der Waals surface area contributed by atoms with Crippen molar-refractivity contribution in [3.63, 3.8) is 0 Å². The van der Waals surface area contributed by atoms with E-state index in [9.17, 15) is 13.2 Å². The van der Waals surface area contributed by atoms with Crippen LogP contribution in [0.25, 0.3) is 0 Å². The molecule has 2 aromatic rings. The molecule has 1 atom stereocenters. The van der Waals surface area contributed by atoms with Crippen LogP contribution in [0, 0.1) is 19.8 Å². The van der Waals surface area contributed by atoms with Crippen molar-refractivity contribution in [3.05, 3.63) is 57.6 Å². The highest BCUT2D eigenvalue weighted by atomic mass is 79.9. The fourth-order valence-corrected chi connectivity index (χ4v) is 6.79. The lowest BCUT2D eigenvalue weighted by Crippen LogP contribution is -2.46. The summed E-state index contributed by atoms with van der Waals surface area (Å²) in [5.74, 6) is -0.0283.